The minimum Gasteiger partial charge on any atom is -0.478 e. The average Bonchev–Trinajstić information content (AvgIpc) is 2.33. The summed E-state index contributed by atoms with van der Waals surface area (Å²) in [6.45, 7) is 9.22. The van der Waals surface area contributed by atoms with Crippen molar-refractivity contribution in [2.24, 2.45) is 0 Å². The summed E-state index contributed by atoms with van der Waals surface area (Å²) >= 11 is 0. The third-order valence-electron chi connectivity index (χ3n) is 3.72. The number of carboxylic acid groups (broad SMARTS) is 1. The lowest BCUT2D eigenvalue weighted by molar-refractivity contribution is -0.0552. The normalized spacial score (nSPS) is 19.3. The number of morpholine rings is 1. The fourth-order valence-electron chi connectivity index (χ4n) is 2.40. The number of hydrogen-bond donors (Lipinski definition) is 1. The molecular formula is C15H21NO3. The van der Waals surface area contributed by atoms with E-state index in [0.29, 0.717) is 12.2 Å². The number of carbonyl (C=O) groups is 1. The molecular weight excluding hydrogens is 242 g/mol. The Morgan fingerprint density at radius 1 is 1.47 bits per heavy atom. The highest BCUT2D eigenvalue weighted by atomic mass is 16.5. The van der Waals surface area contributed by atoms with Gasteiger partial charge in [-0.1, -0.05) is 12.1 Å². The van der Waals surface area contributed by atoms with Crippen LogP contribution in [0.25, 0.3) is 0 Å². The molecule has 0 aromatic heterocycles. The standard InChI is InChI=1S/C15H21NO3/c1-11-4-5-12(8-13(11)14(17)18)9-16-6-7-19-10-15(16,2)3/h4-5,8H,6-7,9-10H2,1-3H3,(H,17,18). The summed E-state index contributed by atoms with van der Waals surface area (Å²) in [7, 11) is 0. The van der Waals surface area contributed by atoms with E-state index in [9.17, 15) is 4.79 Å². The van der Waals surface area contributed by atoms with E-state index < -0.39 is 5.97 Å². The average molecular weight is 263 g/mol. The number of aryl methyl sites for hydroxylation is 1. The first-order valence-corrected chi connectivity index (χ1v) is 6.56. The van der Waals surface area contributed by atoms with Gasteiger partial charge in [-0.25, -0.2) is 4.79 Å². The van der Waals surface area contributed by atoms with E-state index >= 15 is 0 Å². The molecule has 1 heterocycles. The second-order valence-electron chi connectivity index (χ2n) is 5.74. The zero-order valence-electron chi connectivity index (χ0n) is 11.8. The Labute approximate surface area is 114 Å². The van der Waals surface area contributed by atoms with E-state index in [1.165, 1.54) is 0 Å². The molecule has 0 unspecified atom stereocenters. The number of hydrogen-bond acceptors (Lipinski definition) is 3. The molecule has 0 amide bonds. The maximum Gasteiger partial charge on any atom is 0.335 e. The predicted octanol–water partition coefficient (Wildman–Crippen LogP) is 2.30. The first-order valence-electron chi connectivity index (χ1n) is 6.56. The van der Waals surface area contributed by atoms with Crippen LogP contribution in [0.15, 0.2) is 18.2 Å². The fourth-order valence-corrected chi connectivity index (χ4v) is 2.40. The van der Waals surface area contributed by atoms with E-state index in [1.54, 1.807) is 6.07 Å². The van der Waals surface area contributed by atoms with Crippen molar-refractivity contribution in [3.63, 3.8) is 0 Å². The molecule has 1 aromatic rings. The first kappa shape index (κ1) is 14.0. The van der Waals surface area contributed by atoms with Gasteiger partial charge in [-0.15, -0.1) is 0 Å². The third-order valence-corrected chi connectivity index (χ3v) is 3.72. The van der Waals surface area contributed by atoms with Crippen molar-refractivity contribution in [3.8, 4) is 0 Å². The number of carboxylic acids is 1. The van der Waals surface area contributed by atoms with Crippen LogP contribution < -0.4 is 0 Å². The van der Waals surface area contributed by atoms with Crippen molar-refractivity contribution in [1.29, 1.82) is 0 Å². The Morgan fingerprint density at radius 3 is 2.84 bits per heavy atom. The molecule has 0 aliphatic carbocycles. The highest BCUT2D eigenvalue weighted by Gasteiger charge is 2.30. The van der Waals surface area contributed by atoms with Crippen molar-refractivity contribution in [1.82, 2.24) is 4.90 Å². The monoisotopic (exact) mass is 263 g/mol. The smallest absolute Gasteiger partial charge is 0.335 e. The predicted molar refractivity (Wildman–Crippen MR) is 73.4 cm³/mol. The van der Waals surface area contributed by atoms with Gasteiger partial charge in [0.15, 0.2) is 0 Å². The lowest BCUT2D eigenvalue weighted by Gasteiger charge is -2.42. The third kappa shape index (κ3) is 3.14. The number of benzene rings is 1. The molecule has 4 heteroatoms. The number of ether oxygens (including phenoxy) is 1. The Bertz CT molecular complexity index is 482. The van der Waals surface area contributed by atoms with Gasteiger partial charge >= 0.3 is 5.97 Å². The second kappa shape index (κ2) is 5.31. The second-order valence-corrected chi connectivity index (χ2v) is 5.74. The van der Waals surface area contributed by atoms with Crippen LogP contribution in [0.2, 0.25) is 0 Å². The van der Waals surface area contributed by atoms with E-state index in [1.807, 2.05) is 19.1 Å². The maximum absolute atomic E-state index is 11.2. The molecule has 1 N–H and O–H groups in total. The molecule has 0 bridgehead atoms. The molecule has 1 saturated heterocycles. The van der Waals surface area contributed by atoms with Crippen molar-refractivity contribution in [2.75, 3.05) is 19.8 Å². The molecule has 0 saturated carbocycles. The lowest BCUT2D eigenvalue weighted by Crippen LogP contribution is -2.52. The molecule has 0 spiro atoms. The molecule has 4 nitrogen and oxygen atoms in total. The summed E-state index contributed by atoms with van der Waals surface area (Å²) < 4.78 is 5.50. The summed E-state index contributed by atoms with van der Waals surface area (Å²) in [5.74, 6) is -0.861. The van der Waals surface area contributed by atoms with Crippen molar-refractivity contribution in [3.05, 3.63) is 34.9 Å². The Balaban J connectivity index is 2.19. The van der Waals surface area contributed by atoms with Crippen LogP contribution in [0.1, 0.15) is 35.3 Å². The largest absolute Gasteiger partial charge is 0.478 e. The minimum absolute atomic E-state index is 0.00742. The Morgan fingerprint density at radius 2 is 2.21 bits per heavy atom. The van der Waals surface area contributed by atoms with Gasteiger partial charge in [0.25, 0.3) is 0 Å². The molecule has 1 aliphatic heterocycles. The SMILES string of the molecule is Cc1ccc(CN2CCOCC2(C)C)cc1C(=O)O. The zero-order valence-corrected chi connectivity index (χ0v) is 11.8. The van der Waals surface area contributed by atoms with Gasteiger partial charge in [-0.2, -0.15) is 0 Å². The molecule has 104 valence electrons. The highest BCUT2D eigenvalue weighted by molar-refractivity contribution is 5.89. The van der Waals surface area contributed by atoms with Crippen LogP contribution in [0.5, 0.6) is 0 Å². The van der Waals surface area contributed by atoms with Crippen molar-refractivity contribution < 1.29 is 14.6 Å². The van der Waals surface area contributed by atoms with E-state index in [4.69, 9.17) is 9.84 Å². The summed E-state index contributed by atoms with van der Waals surface area (Å²) in [5.41, 5.74) is 2.23. The Kier molecular flexibility index (Phi) is 3.92. The van der Waals surface area contributed by atoms with E-state index in [-0.39, 0.29) is 5.54 Å². The van der Waals surface area contributed by atoms with Crippen LogP contribution in [0.4, 0.5) is 0 Å². The van der Waals surface area contributed by atoms with Gasteiger partial charge < -0.3 is 9.84 Å². The topological polar surface area (TPSA) is 49.8 Å². The zero-order chi connectivity index (χ0) is 14.0. The van der Waals surface area contributed by atoms with Crippen molar-refractivity contribution in [2.45, 2.75) is 32.9 Å². The van der Waals surface area contributed by atoms with Gasteiger partial charge in [-0.05, 0) is 38.0 Å². The molecule has 2 rings (SSSR count). The fraction of sp³-hybridized carbons (Fsp3) is 0.533. The summed E-state index contributed by atoms with van der Waals surface area (Å²) in [6.07, 6.45) is 0. The Hall–Kier alpha value is -1.39. The van der Waals surface area contributed by atoms with Crippen LogP contribution in [0, 0.1) is 6.92 Å². The van der Waals surface area contributed by atoms with Gasteiger partial charge in [0, 0.05) is 18.6 Å². The molecule has 0 atom stereocenters. The number of rotatable bonds is 3. The first-order chi connectivity index (χ1) is 8.90. The molecule has 0 radical (unpaired) electrons. The van der Waals surface area contributed by atoms with E-state index in [2.05, 4.69) is 18.7 Å². The molecule has 1 aliphatic rings. The summed E-state index contributed by atoms with van der Waals surface area (Å²) in [6, 6.07) is 5.67. The van der Waals surface area contributed by atoms with Gasteiger partial charge in [0.1, 0.15) is 0 Å². The van der Waals surface area contributed by atoms with Crippen LogP contribution in [-0.4, -0.2) is 41.3 Å². The molecule has 1 fully saturated rings. The number of aromatic carboxylic acids is 1. The quantitative estimate of drug-likeness (QED) is 0.909. The highest BCUT2D eigenvalue weighted by Crippen LogP contribution is 2.22. The van der Waals surface area contributed by atoms with Crippen LogP contribution in [-0.2, 0) is 11.3 Å². The van der Waals surface area contributed by atoms with Gasteiger partial charge in [-0.3, -0.25) is 4.90 Å². The molecule has 1 aromatic carbocycles. The van der Waals surface area contributed by atoms with Crippen molar-refractivity contribution >= 4 is 5.97 Å². The maximum atomic E-state index is 11.2. The summed E-state index contributed by atoms with van der Waals surface area (Å²) in [5, 5.41) is 9.17. The number of nitrogens with zero attached hydrogens (tertiary/aromatic N) is 1. The lowest BCUT2D eigenvalue weighted by atomic mass is 9.99. The van der Waals surface area contributed by atoms with E-state index in [0.717, 1.165) is 30.8 Å². The molecule has 19 heavy (non-hydrogen) atoms. The van der Waals surface area contributed by atoms with Gasteiger partial charge in [0.05, 0.1) is 18.8 Å². The summed E-state index contributed by atoms with van der Waals surface area (Å²) in [4.78, 5) is 13.5. The van der Waals surface area contributed by atoms with Gasteiger partial charge in [0.2, 0.25) is 0 Å². The minimum atomic E-state index is -0.861. The van der Waals surface area contributed by atoms with Crippen LogP contribution in [0.3, 0.4) is 0 Å². The van der Waals surface area contributed by atoms with Crippen LogP contribution >= 0.6 is 0 Å².